The molecule has 13 aromatic rings. The molecule has 5 aliphatic carbocycles. The number of nitrogens with zero attached hydrogens (tertiary/aromatic N) is 3. The predicted octanol–water partition coefficient (Wildman–Crippen LogP) is 20.5. The average Bonchev–Trinajstić information content (AvgIpc) is 1.82. The summed E-state index contributed by atoms with van der Waals surface area (Å²) in [4.78, 5) is 15.2. The lowest BCUT2D eigenvalue weighted by atomic mass is 9.65. The molecule has 9 aromatic carbocycles. The zero-order valence-corrected chi connectivity index (χ0v) is 50.1. The molecule has 0 saturated heterocycles. The van der Waals surface area contributed by atoms with Gasteiger partial charge in [-0.2, -0.15) is 5.26 Å². The van der Waals surface area contributed by atoms with E-state index < -0.39 is 0 Å². The SMILES string of the molecule is CC(C)c1cc(C(C)C)c(-c2cc3c4cc5c(cc4n4c6cc(C#N)c7c(c6c(c2)c34)C(C)c2ccccc2C7c2ccccc2)c2c3cc(c4c6cc7c(cc6n5c42)C(=O)C2(C)CCC7(C)CC2)CCc2cccc(c2)CC3)c(C(C)C)c1. The average molecular weight is 1090 g/mol. The van der Waals surface area contributed by atoms with Crippen molar-refractivity contribution in [1.82, 2.24) is 8.80 Å². The second-order valence-corrected chi connectivity index (χ2v) is 27.9. The van der Waals surface area contributed by atoms with E-state index in [-0.39, 0.29) is 22.7 Å². The van der Waals surface area contributed by atoms with Gasteiger partial charge in [-0.1, -0.05) is 159 Å². The van der Waals surface area contributed by atoms with Gasteiger partial charge >= 0.3 is 0 Å². The van der Waals surface area contributed by atoms with E-state index in [1.807, 2.05) is 0 Å². The van der Waals surface area contributed by atoms with Crippen LogP contribution in [-0.4, -0.2) is 14.6 Å². The smallest absolute Gasteiger partial charge is 0.169 e. The molecule has 4 heteroatoms. The molecule has 0 aliphatic heterocycles. The maximum absolute atomic E-state index is 15.2. The number of aryl methyl sites for hydroxylation is 4. The van der Waals surface area contributed by atoms with Crippen LogP contribution in [0.1, 0.15) is 206 Å². The van der Waals surface area contributed by atoms with Gasteiger partial charge in [0.05, 0.1) is 44.7 Å². The van der Waals surface area contributed by atoms with E-state index in [2.05, 4.69) is 217 Å². The summed E-state index contributed by atoms with van der Waals surface area (Å²) in [5, 5.41) is 21.9. The Morgan fingerprint density at radius 1 is 0.524 bits per heavy atom. The number of hydrogen-bond donors (Lipinski definition) is 0. The zero-order chi connectivity index (χ0) is 57.1. The first-order chi connectivity index (χ1) is 40.6. The molecule has 84 heavy (non-hydrogen) atoms. The van der Waals surface area contributed by atoms with Crippen molar-refractivity contribution in [2.24, 2.45) is 5.41 Å². The Hall–Kier alpha value is -8.26. The molecule has 4 nitrogen and oxygen atoms in total. The lowest BCUT2D eigenvalue weighted by Gasteiger charge is -2.38. The monoisotopic (exact) mass is 1090 g/mol. The first-order valence-electron chi connectivity index (χ1n) is 31.5. The van der Waals surface area contributed by atoms with Crippen LogP contribution in [-0.2, 0) is 31.1 Å². The third-order valence-electron chi connectivity index (χ3n) is 22.1. The summed E-state index contributed by atoms with van der Waals surface area (Å²) in [6.07, 6.45) is 7.78. The highest BCUT2D eigenvalue weighted by Crippen LogP contribution is 2.58. The maximum atomic E-state index is 15.2. The van der Waals surface area contributed by atoms with Crippen molar-refractivity contribution in [3.8, 4) is 17.2 Å². The van der Waals surface area contributed by atoms with E-state index in [0.29, 0.717) is 23.5 Å². The summed E-state index contributed by atoms with van der Waals surface area (Å²) in [5.74, 6) is 1.25. The Morgan fingerprint density at radius 2 is 1.12 bits per heavy atom. The molecule has 5 aliphatic rings. The molecular formula is C80H71N3O. The molecule has 0 spiro atoms. The lowest BCUT2D eigenvalue weighted by Crippen LogP contribution is -2.33. The van der Waals surface area contributed by atoms with Crippen LogP contribution < -0.4 is 0 Å². The fourth-order valence-electron chi connectivity index (χ4n) is 17.6. The number of ketones is 1. The van der Waals surface area contributed by atoms with Crippen molar-refractivity contribution in [3.63, 3.8) is 0 Å². The van der Waals surface area contributed by atoms with Crippen LogP contribution in [0.15, 0.2) is 140 Å². The maximum Gasteiger partial charge on any atom is 0.169 e. The molecule has 4 heterocycles. The summed E-state index contributed by atoms with van der Waals surface area (Å²) < 4.78 is 5.20. The summed E-state index contributed by atoms with van der Waals surface area (Å²) in [6, 6.07) is 57.1. The van der Waals surface area contributed by atoms with Gasteiger partial charge in [-0.05, 0) is 200 Å². The predicted molar refractivity (Wildman–Crippen MR) is 349 cm³/mol. The minimum Gasteiger partial charge on any atom is -0.308 e. The van der Waals surface area contributed by atoms with Gasteiger partial charge in [0.15, 0.2) is 5.78 Å². The van der Waals surface area contributed by atoms with Gasteiger partial charge in [0.25, 0.3) is 0 Å². The van der Waals surface area contributed by atoms with Crippen molar-refractivity contribution in [2.45, 2.75) is 149 Å². The summed E-state index contributed by atoms with van der Waals surface area (Å²) in [6.45, 7) is 21.2. The van der Waals surface area contributed by atoms with Gasteiger partial charge in [0, 0.05) is 65.9 Å². The van der Waals surface area contributed by atoms with Crippen molar-refractivity contribution >= 4 is 82.0 Å². The Bertz CT molecular complexity index is 5050. The number of hydrogen-bond acceptors (Lipinski definition) is 2. The number of aromatic nitrogens is 2. The first kappa shape index (κ1) is 50.3. The highest BCUT2D eigenvalue weighted by Gasteiger charge is 2.49. The van der Waals surface area contributed by atoms with Gasteiger partial charge in [0.1, 0.15) is 0 Å². The van der Waals surface area contributed by atoms with E-state index >= 15 is 4.79 Å². The summed E-state index contributed by atoms with van der Waals surface area (Å²) >= 11 is 0. The molecule has 0 N–H and O–H groups in total. The van der Waals surface area contributed by atoms with Gasteiger partial charge in [0.2, 0.25) is 0 Å². The molecule has 0 amide bonds. The van der Waals surface area contributed by atoms with Gasteiger partial charge in [-0.25, -0.2) is 0 Å². The first-order valence-corrected chi connectivity index (χ1v) is 31.5. The number of benzene rings is 9. The zero-order valence-electron chi connectivity index (χ0n) is 50.1. The Morgan fingerprint density at radius 3 is 1.79 bits per heavy atom. The molecular weight excluding hydrogens is 1020 g/mol. The van der Waals surface area contributed by atoms with Crippen LogP contribution in [0.25, 0.3) is 87.3 Å². The van der Waals surface area contributed by atoms with E-state index in [9.17, 15) is 5.26 Å². The minimum atomic E-state index is -0.346. The highest BCUT2D eigenvalue weighted by molar-refractivity contribution is 6.31. The van der Waals surface area contributed by atoms with Crippen molar-refractivity contribution < 1.29 is 4.79 Å². The topological polar surface area (TPSA) is 49.7 Å². The van der Waals surface area contributed by atoms with E-state index in [1.165, 1.54) is 143 Å². The quantitative estimate of drug-likeness (QED) is 0.172. The number of fused-ring (bicyclic) bond motifs is 23. The van der Waals surface area contributed by atoms with Crippen molar-refractivity contribution in [3.05, 3.63) is 223 Å². The standard InChI is InChI=1S/C80H71N3O/c1-42(2)51-32-56(43(3)4)70(57(33-51)44(5)6)52-34-59-58-38-66-62(40-65(58)83-68-36-53(41-81)74-69(75(68)63(35-52)76(59)83)45(7)54-20-13-14-21-55(54)71(74)48-18-11-10-12-19-48)73-50-25-23-47-17-15-16-46(30-47)22-24-49(31-50)72-61-37-64-60(39-67(61)82(66)77(72)73)78(84)80(9)28-26-79(64,8)27-29-80/h10-21,30-40,42-45,71H,22-29H2,1-9H3. The van der Waals surface area contributed by atoms with Crippen molar-refractivity contribution in [2.75, 3.05) is 0 Å². The molecule has 6 bridgehead atoms. The molecule has 4 aromatic heterocycles. The summed E-state index contributed by atoms with van der Waals surface area (Å²) in [7, 11) is 0. The Kier molecular flexibility index (Phi) is 10.4. The van der Waals surface area contributed by atoms with Gasteiger partial charge in [-0.15, -0.1) is 0 Å². The normalized spacial score (nSPS) is 20.5. The van der Waals surface area contributed by atoms with Crippen LogP contribution in [0.2, 0.25) is 0 Å². The molecule has 1 fully saturated rings. The number of carbonyl (C=O) groups excluding carboxylic acids is 1. The van der Waals surface area contributed by atoms with Gasteiger partial charge in [-0.3, -0.25) is 4.79 Å². The van der Waals surface area contributed by atoms with Crippen LogP contribution in [0, 0.1) is 16.7 Å². The molecule has 18 rings (SSSR count). The van der Waals surface area contributed by atoms with E-state index in [1.54, 1.807) is 0 Å². The van der Waals surface area contributed by atoms with Crippen LogP contribution in [0.5, 0.6) is 0 Å². The fraction of sp³-hybridized carbons (Fsp3) is 0.300. The lowest BCUT2D eigenvalue weighted by molar-refractivity contribution is 0.0732. The summed E-state index contributed by atoms with van der Waals surface area (Å²) in [5.41, 5.74) is 28.3. The molecule has 0 radical (unpaired) electrons. The largest absolute Gasteiger partial charge is 0.308 e. The van der Waals surface area contributed by atoms with Crippen LogP contribution in [0.4, 0.5) is 0 Å². The minimum absolute atomic E-state index is 0.0307. The molecule has 412 valence electrons. The van der Waals surface area contributed by atoms with Crippen LogP contribution in [0.3, 0.4) is 0 Å². The Balaban J connectivity index is 1.06. The third-order valence-corrected chi connectivity index (χ3v) is 22.1. The van der Waals surface area contributed by atoms with Gasteiger partial charge < -0.3 is 8.80 Å². The molecule has 2 unspecified atom stereocenters. The number of nitriles is 1. The molecule has 2 atom stereocenters. The number of rotatable bonds is 5. The molecule has 1 saturated carbocycles. The number of Topliss-reactive ketones (excluding diaryl/α,β-unsaturated/α-hetero) is 1. The third kappa shape index (κ3) is 6.62. The van der Waals surface area contributed by atoms with E-state index in [0.717, 1.165) is 79.1 Å². The Labute approximate surface area is 492 Å². The highest BCUT2D eigenvalue weighted by atomic mass is 16.1. The number of carbonyl (C=O) groups is 1. The second-order valence-electron chi connectivity index (χ2n) is 27.9. The fourth-order valence-corrected chi connectivity index (χ4v) is 17.6. The van der Waals surface area contributed by atoms with Crippen molar-refractivity contribution in [1.29, 1.82) is 5.26 Å². The van der Waals surface area contributed by atoms with E-state index in [4.69, 9.17) is 0 Å². The second kappa shape index (κ2) is 17.4. The van der Waals surface area contributed by atoms with Crippen LogP contribution >= 0.6 is 0 Å².